The van der Waals surface area contributed by atoms with Crippen LogP contribution in [0, 0.1) is 0 Å². The Kier molecular flexibility index (Phi) is 3.91. The normalized spacial score (nSPS) is 13.1. The molecule has 7 heteroatoms. The SMILES string of the molecule is O=C(O)c1ccc(Cn2c(-c3ccccc3)nc3sc4c(c3c2=O)CCC4)o1. The van der Waals surface area contributed by atoms with Crippen molar-refractivity contribution >= 4 is 27.5 Å². The number of carboxylic acid groups (broad SMARTS) is 1. The summed E-state index contributed by atoms with van der Waals surface area (Å²) in [6.45, 7) is 0.129. The van der Waals surface area contributed by atoms with Crippen molar-refractivity contribution in [1.29, 1.82) is 0 Å². The fraction of sp³-hybridized carbons (Fsp3) is 0.190. The molecule has 0 saturated carbocycles. The molecule has 0 radical (unpaired) electrons. The van der Waals surface area contributed by atoms with Crippen LogP contribution in [0.15, 0.2) is 51.7 Å². The molecule has 0 fully saturated rings. The summed E-state index contributed by atoms with van der Waals surface area (Å²) in [5, 5.41) is 9.79. The molecule has 0 atom stereocenters. The zero-order valence-electron chi connectivity index (χ0n) is 14.8. The Balaban J connectivity index is 1.73. The molecule has 3 heterocycles. The van der Waals surface area contributed by atoms with E-state index in [2.05, 4.69) is 0 Å². The van der Waals surface area contributed by atoms with Gasteiger partial charge in [0.05, 0.1) is 11.9 Å². The van der Waals surface area contributed by atoms with Crippen LogP contribution in [0.5, 0.6) is 0 Å². The second-order valence-corrected chi connectivity index (χ2v) is 7.88. The van der Waals surface area contributed by atoms with Crippen LogP contribution in [0.4, 0.5) is 0 Å². The molecule has 140 valence electrons. The van der Waals surface area contributed by atoms with Crippen LogP contribution >= 0.6 is 11.3 Å². The fourth-order valence-electron chi connectivity index (χ4n) is 3.76. The molecule has 1 aliphatic carbocycles. The van der Waals surface area contributed by atoms with Crippen molar-refractivity contribution in [2.24, 2.45) is 0 Å². The molecule has 0 aliphatic heterocycles. The maximum atomic E-state index is 13.5. The van der Waals surface area contributed by atoms with E-state index in [-0.39, 0.29) is 17.9 Å². The highest BCUT2D eigenvalue weighted by Crippen LogP contribution is 2.35. The van der Waals surface area contributed by atoms with Crippen molar-refractivity contribution < 1.29 is 14.3 Å². The topological polar surface area (TPSA) is 85.3 Å². The largest absolute Gasteiger partial charge is 0.475 e. The lowest BCUT2D eigenvalue weighted by atomic mass is 10.1. The van der Waals surface area contributed by atoms with Crippen LogP contribution in [0.1, 0.15) is 33.2 Å². The Morgan fingerprint density at radius 3 is 2.75 bits per heavy atom. The number of aromatic carboxylic acids is 1. The number of furan rings is 1. The molecule has 0 saturated heterocycles. The van der Waals surface area contributed by atoms with E-state index in [9.17, 15) is 9.59 Å². The molecule has 1 N–H and O–H groups in total. The van der Waals surface area contributed by atoms with E-state index in [0.29, 0.717) is 17.0 Å². The van der Waals surface area contributed by atoms with Crippen LogP contribution in [0.3, 0.4) is 0 Å². The molecule has 6 nitrogen and oxygen atoms in total. The number of nitrogens with zero attached hydrogens (tertiary/aromatic N) is 2. The number of aryl methyl sites for hydroxylation is 2. The third kappa shape index (κ3) is 2.66. The van der Waals surface area contributed by atoms with Gasteiger partial charge < -0.3 is 9.52 Å². The van der Waals surface area contributed by atoms with Gasteiger partial charge in [-0.05, 0) is 37.0 Å². The van der Waals surface area contributed by atoms with Crippen molar-refractivity contribution in [1.82, 2.24) is 9.55 Å². The Labute approximate surface area is 163 Å². The van der Waals surface area contributed by atoms with Crippen LogP contribution in [0.2, 0.25) is 0 Å². The highest BCUT2D eigenvalue weighted by Gasteiger charge is 2.24. The number of carboxylic acids is 1. The first-order valence-electron chi connectivity index (χ1n) is 9.04. The first kappa shape index (κ1) is 16.9. The van der Waals surface area contributed by atoms with Crippen molar-refractivity contribution in [3.63, 3.8) is 0 Å². The standard InChI is InChI=1S/C21H16N2O4S/c24-20-17-14-7-4-8-16(14)28-19(17)22-18(12-5-2-1-3-6-12)23(20)11-13-9-10-15(27-13)21(25)26/h1-3,5-6,9-10H,4,7-8,11H2,(H,25,26). The molecule has 4 aromatic rings. The average molecular weight is 392 g/mol. The third-order valence-corrected chi connectivity index (χ3v) is 6.23. The number of rotatable bonds is 4. The zero-order chi connectivity index (χ0) is 19.3. The first-order chi connectivity index (χ1) is 13.6. The minimum absolute atomic E-state index is 0.100. The van der Waals surface area contributed by atoms with E-state index < -0.39 is 5.97 Å². The lowest BCUT2D eigenvalue weighted by molar-refractivity contribution is 0.0660. The summed E-state index contributed by atoms with van der Waals surface area (Å²) in [4.78, 5) is 31.4. The van der Waals surface area contributed by atoms with Crippen LogP contribution in [-0.4, -0.2) is 20.6 Å². The molecule has 28 heavy (non-hydrogen) atoms. The Hall–Kier alpha value is -3.19. The summed E-state index contributed by atoms with van der Waals surface area (Å²) in [6, 6.07) is 12.5. The summed E-state index contributed by atoms with van der Waals surface area (Å²) in [6.07, 6.45) is 2.97. The van der Waals surface area contributed by atoms with Gasteiger partial charge in [0.1, 0.15) is 16.4 Å². The van der Waals surface area contributed by atoms with Crippen molar-refractivity contribution in [2.45, 2.75) is 25.8 Å². The predicted molar refractivity (Wildman–Crippen MR) is 106 cm³/mol. The van der Waals surface area contributed by atoms with Crippen LogP contribution in [-0.2, 0) is 19.4 Å². The van der Waals surface area contributed by atoms with Crippen LogP contribution in [0.25, 0.3) is 21.6 Å². The van der Waals surface area contributed by atoms with Crippen molar-refractivity contribution in [3.8, 4) is 11.4 Å². The molecule has 3 aromatic heterocycles. The number of thiophene rings is 1. The molecule has 0 spiro atoms. The molecular weight excluding hydrogens is 376 g/mol. The Morgan fingerprint density at radius 2 is 2.00 bits per heavy atom. The van der Waals surface area contributed by atoms with E-state index >= 15 is 0 Å². The van der Waals surface area contributed by atoms with Gasteiger partial charge in [-0.25, -0.2) is 9.78 Å². The van der Waals surface area contributed by atoms with E-state index in [1.807, 2.05) is 30.3 Å². The van der Waals surface area contributed by atoms with Gasteiger partial charge in [0.15, 0.2) is 0 Å². The Bertz CT molecular complexity index is 1270. The van der Waals surface area contributed by atoms with Gasteiger partial charge in [-0.15, -0.1) is 11.3 Å². The fourth-order valence-corrected chi connectivity index (χ4v) is 5.02. The van der Waals surface area contributed by atoms with Gasteiger partial charge in [-0.1, -0.05) is 30.3 Å². The minimum Gasteiger partial charge on any atom is -0.475 e. The van der Waals surface area contributed by atoms with E-state index in [1.165, 1.54) is 10.9 Å². The summed E-state index contributed by atoms with van der Waals surface area (Å²) < 4.78 is 6.99. The van der Waals surface area contributed by atoms with E-state index in [0.717, 1.165) is 35.2 Å². The molecule has 1 aromatic carbocycles. The molecule has 0 amide bonds. The van der Waals surface area contributed by atoms with E-state index in [4.69, 9.17) is 14.5 Å². The van der Waals surface area contributed by atoms with Gasteiger partial charge in [0.2, 0.25) is 5.76 Å². The predicted octanol–water partition coefficient (Wildman–Crippen LogP) is 3.95. The van der Waals surface area contributed by atoms with Gasteiger partial charge >= 0.3 is 5.97 Å². The number of hydrogen-bond acceptors (Lipinski definition) is 5. The summed E-state index contributed by atoms with van der Waals surface area (Å²) in [5.74, 6) is -0.308. The van der Waals surface area contributed by atoms with Crippen molar-refractivity contribution in [3.05, 3.63) is 74.8 Å². The monoisotopic (exact) mass is 392 g/mol. The number of fused-ring (bicyclic) bond motifs is 3. The van der Waals surface area contributed by atoms with E-state index in [1.54, 1.807) is 22.0 Å². The van der Waals surface area contributed by atoms with Gasteiger partial charge in [-0.2, -0.15) is 0 Å². The number of carbonyl (C=O) groups is 1. The summed E-state index contributed by atoms with van der Waals surface area (Å²) in [5.41, 5.74) is 1.85. The second-order valence-electron chi connectivity index (χ2n) is 6.80. The molecule has 0 unspecified atom stereocenters. The average Bonchev–Trinajstić information content (AvgIpc) is 3.40. The number of benzene rings is 1. The number of hydrogen-bond donors (Lipinski definition) is 1. The molecule has 5 rings (SSSR count). The molecule has 1 aliphatic rings. The highest BCUT2D eigenvalue weighted by atomic mass is 32.1. The summed E-state index contributed by atoms with van der Waals surface area (Å²) in [7, 11) is 0. The van der Waals surface area contributed by atoms with Crippen LogP contribution < -0.4 is 5.56 Å². The lowest BCUT2D eigenvalue weighted by Gasteiger charge is -2.12. The second kappa shape index (κ2) is 6.45. The molecule has 0 bridgehead atoms. The van der Waals surface area contributed by atoms with Gasteiger partial charge in [0.25, 0.3) is 5.56 Å². The molecular formula is C21H16N2O4S. The van der Waals surface area contributed by atoms with Crippen molar-refractivity contribution in [2.75, 3.05) is 0 Å². The van der Waals surface area contributed by atoms with Gasteiger partial charge in [0, 0.05) is 10.4 Å². The highest BCUT2D eigenvalue weighted by molar-refractivity contribution is 7.18. The Morgan fingerprint density at radius 1 is 1.18 bits per heavy atom. The maximum absolute atomic E-state index is 13.5. The number of aromatic nitrogens is 2. The first-order valence-corrected chi connectivity index (χ1v) is 9.86. The quantitative estimate of drug-likeness (QED) is 0.568. The maximum Gasteiger partial charge on any atom is 0.371 e. The third-order valence-electron chi connectivity index (χ3n) is 5.04. The summed E-state index contributed by atoms with van der Waals surface area (Å²) >= 11 is 1.61. The van der Waals surface area contributed by atoms with Gasteiger partial charge in [-0.3, -0.25) is 9.36 Å². The minimum atomic E-state index is -1.13. The zero-order valence-corrected chi connectivity index (χ0v) is 15.7. The lowest BCUT2D eigenvalue weighted by Crippen LogP contribution is -2.24. The smallest absolute Gasteiger partial charge is 0.371 e.